The lowest BCUT2D eigenvalue weighted by Crippen LogP contribution is -2.06. The monoisotopic (exact) mass is 481 g/mol. The summed E-state index contributed by atoms with van der Waals surface area (Å²) in [6.45, 7) is 1.47. The van der Waals surface area contributed by atoms with Crippen LogP contribution >= 0.6 is 22.7 Å². The van der Waals surface area contributed by atoms with Crippen molar-refractivity contribution in [1.29, 1.82) is 0 Å². The van der Waals surface area contributed by atoms with E-state index in [9.17, 15) is 9.59 Å². The number of anilines is 1. The molecule has 0 spiro atoms. The van der Waals surface area contributed by atoms with Gasteiger partial charge in [-0.3, -0.25) is 9.59 Å². The number of Topliss-reactive ketones (excluding diaryl/α,β-unsaturated/α-hetero) is 1. The second kappa shape index (κ2) is 9.44. The van der Waals surface area contributed by atoms with Crippen molar-refractivity contribution in [3.05, 3.63) is 51.3 Å². The van der Waals surface area contributed by atoms with E-state index in [1.54, 1.807) is 0 Å². The summed E-state index contributed by atoms with van der Waals surface area (Å²) < 4.78 is 1.92. The molecule has 1 N–H and O–H groups in total. The van der Waals surface area contributed by atoms with Gasteiger partial charge in [-0.15, -0.1) is 31.7 Å². The van der Waals surface area contributed by atoms with Crippen molar-refractivity contribution in [2.45, 2.75) is 51.4 Å². The normalized spacial score (nSPS) is 18.1. The molecule has 0 saturated heterocycles. The second-order valence-electron chi connectivity index (χ2n) is 8.39. The first kappa shape index (κ1) is 21.8. The first-order chi connectivity index (χ1) is 16.0. The molecule has 0 aliphatic heterocycles. The Morgan fingerprint density at radius 3 is 2.82 bits per heavy atom. The molecule has 170 valence electrons. The summed E-state index contributed by atoms with van der Waals surface area (Å²) in [4.78, 5) is 28.2. The topological polar surface area (TPSA) is 115 Å². The number of carbonyl (C=O) groups excluding carboxylic acids is 2. The van der Waals surface area contributed by atoms with E-state index in [0.717, 1.165) is 52.0 Å². The van der Waals surface area contributed by atoms with Crippen LogP contribution in [0.1, 0.15) is 52.8 Å². The highest BCUT2D eigenvalue weighted by atomic mass is 32.1. The van der Waals surface area contributed by atoms with Crippen molar-refractivity contribution >= 4 is 45.1 Å². The minimum Gasteiger partial charge on any atom is -0.307 e. The van der Waals surface area contributed by atoms with Crippen LogP contribution in [-0.4, -0.2) is 41.5 Å². The van der Waals surface area contributed by atoms with Crippen molar-refractivity contribution in [2.75, 3.05) is 5.32 Å². The first-order valence-corrected chi connectivity index (χ1v) is 12.5. The van der Waals surface area contributed by atoms with E-state index in [0.29, 0.717) is 23.4 Å². The summed E-state index contributed by atoms with van der Waals surface area (Å²) in [5, 5.41) is 22.9. The quantitative estimate of drug-likeness (QED) is 0.410. The van der Waals surface area contributed by atoms with Crippen molar-refractivity contribution in [3.8, 4) is 0 Å². The zero-order valence-electron chi connectivity index (χ0n) is 18.1. The summed E-state index contributed by atoms with van der Waals surface area (Å²) >= 11 is 2.99. The predicted octanol–water partition coefficient (Wildman–Crippen LogP) is 3.48. The van der Waals surface area contributed by atoms with Crippen LogP contribution in [0.5, 0.6) is 0 Å². The molecular formula is C22H23N7O2S2. The van der Waals surface area contributed by atoms with Crippen molar-refractivity contribution in [1.82, 2.24) is 29.8 Å². The number of hydrogen-bond acceptors (Lipinski definition) is 9. The number of ketones is 1. The Morgan fingerprint density at radius 2 is 1.97 bits per heavy atom. The lowest BCUT2D eigenvalue weighted by Gasteiger charge is -2.06. The van der Waals surface area contributed by atoms with Gasteiger partial charge in [0.15, 0.2) is 0 Å². The number of fused-ring (bicyclic) bond motifs is 1. The maximum Gasteiger partial charge on any atom is 0.223 e. The SMILES string of the molecule is CC(=O)Nc1nnc([C@@H]2CC[C@H](Cc3nnc(CC(=O)Cc4cn5ccccc5n4)s3)C2)s1. The molecule has 2 atom stereocenters. The van der Waals surface area contributed by atoms with Crippen molar-refractivity contribution in [2.24, 2.45) is 5.92 Å². The highest BCUT2D eigenvalue weighted by Crippen LogP contribution is 2.41. The van der Waals surface area contributed by atoms with E-state index in [-0.39, 0.29) is 18.1 Å². The van der Waals surface area contributed by atoms with Gasteiger partial charge in [-0.05, 0) is 37.3 Å². The van der Waals surface area contributed by atoms with Crippen LogP contribution < -0.4 is 5.32 Å². The number of pyridine rings is 1. The fraction of sp³-hybridized carbons (Fsp3) is 0.409. The maximum absolute atomic E-state index is 12.5. The molecule has 4 heterocycles. The summed E-state index contributed by atoms with van der Waals surface area (Å²) in [5.41, 5.74) is 1.61. The van der Waals surface area contributed by atoms with Gasteiger partial charge in [0.25, 0.3) is 0 Å². The third-order valence-electron chi connectivity index (χ3n) is 5.73. The molecule has 0 aromatic carbocycles. The first-order valence-electron chi connectivity index (χ1n) is 10.9. The molecular weight excluding hydrogens is 458 g/mol. The van der Waals surface area contributed by atoms with Crippen LogP contribution in [0.4, 0.5) is 5.13 Å². The Balaban J connectivity index is 1.13. The largest absolute Gasteiger partial charge is 0.307 e. The zero-order valence-corrected chi connectivity index (χ0v) is 19.7. The minimum atomic E-state index is -0.133. The van der Waals surface area contributed by atoms with Crippen LogP contribution in [0.25, 0.3) is 5.65 Å². The van der Waals surface area contributed by atoms with Gasteiger partial charge in [0.2, 0.25) is 11.0 Å². The molecule has 11 heteroatoms. The third-order valence-corrected chi connectivity index (χ3v) is 7.67. The summed E-state index contributed by atoms with van der Waals surface area (Å²) in [6, 6.07) is 5.79. The van der Waals surface area contributed by atoms with Crippen LogP contribution in [0, 0.1) is 5.92 Å². The highest BCUT2D eigenvalue weighted by molar-refractivity contribution is 7.15. The van der Waals surface area contributed by atoms with Gasteiger partial charge in [-0.25, -0.2) is 4.98 Å². The molecule has 4 aromatic rings. The molecule has 9 nitrogen and oxygen atoms in total. The van der Waals surface area contributed by atoms with Gasteiger partial charge in [0.05, 0.1) is 18.5 Å². The lowest BCUT2D eigenvalue weighted by molar-refractivity contribution is -0.118. The highest BCUT2D eigenvalue weighted by Gasteiger charge is 2.29. The fourth-order valence-electron chi connectivity index (χ4n) is 4.28. The van der Waals surface area contributed by atoms with Gasteiger partial charge in [-0.2, -0.15) is 0 Å². The molecule has 1 fully saturated rings. The molecule has 1 aliphatic carbocycles. The second-order valence-corrected chi connectivity index (χ2v) is 10.5. The van der Waals surface area contributed by atoms with E-state index in [1.165, 1.54) is 29.6 Å². The number of nitrogens with one attached hydrogen (secondary N) is 1. The Labute approximate surface area is 198 Å². The summed E-state index contributed by atoms with van der Waals surface area (Å²) in [6.07, 6.45) is 8.45. The van der Waals surface area contributed by atoms with Crippen LogP contribution in [-0.2, 0) is 28.9 Å². The van der Waals surface area contributed by atoms with Crippen LogP contribution in [0.3, 0.4) is 0 Å². The fourth-order valence-corrected chi connectivity index (χ4v) is 6.20. The molecule has 5 rings (SSSR count). The predicted molar refractivity (Wildman–Crippen MR) is 126 cm³/mol. The van der Waals surface area contributed by atoms with Crippen molar-refractivity contribution in [3.63, 3.8) is 0 Å². The standard InChI is InChI=1S/C22H23N7O2S2/c1-13(30)23-22-28-27-21(33-22)15-6-5-14(8-15)9-19-25-26-20(32-19)11-17(31)10-16-12-29-7-3-2-4-18(29)24-16/h2-4,7,12,14-15H,5-6,8-11H2,1H3,(H,23,28,30)/t14-,15+/m0/s1. The van der Waals surface area contributed by atoms with Gasteiger partial charge in [0, 0.05) is 31.7 Å². The van der Waals surface area contributed by atoms with E-state index in [2.05, 4.69) is 30.7 Å². The summed E-state index contributed by atoms with van der Waals surface area (Å²) in [5.74, 6) is 0.839. The lowest BCUT2D eigenvalue weighted by atomic mass is 10.0. The average Bonchev–Trinajstić information content (AvgIpc) is 3.55. The molecule has 1 amide bonds. The molecule has 0 radical (unpaired) electrons. The molecule has 4 aromatic heterocycles. The number of hydrogen-bond donors (Lipinski definition) is 1. The number of imidazole rings is 1. The number of carbonyl (C=O) groups is 2. The van der Waals surface area contributed by atoms with E-state index in [1.807, 2.05) is 35.0 Å². The molecule has 33 heavy (non-hydrogen) atoms. The zero-order chi connectivity index (χ0) is 22.8. The number of rotatable bonds is 8. The Hall–Kier alpha value is -3.05. The number of amides is 1. The summed E-state index contributed by atoms with van der Waals surface area (Å²) in [7, 11) is 0. The molecule has 1 saturated carbocycles. The Morgan fingerprint density at radius 1 is 1.09 bits per heavy atom. The Bertz CT molecular complexity index is 1260. The van der Waals surface area contributed by atoms with E-state index < -0.39 is 0 Å². The van der Waals surface area contributed by atoms with Gasteiger partial charge >= 0.3 is 0 Å². The Kier molecular flexibility index (Phi) is 6.23. The molecule has 0 bridgehead atoms. The number of nitrogens with zero attached hydrogens (tertiary/aromatic N) is 6. The third kappa shape index (κ3) is 5.31. The van der Waals surface area contributed by atoms with Gasteiger partial charge in [0.1, 0.15) is 26.5 Å². The maximum atomic E-state index is 12.5. The molecule has 0 unspecified atom stereocenters. The smallest absolute Gasteiger partial charge is 0.223 e. The minimum absolute atomic E-state index is 0.0910. The van der Waals surface area contributed by atoms with Gasteiger partial charge < -0.3 is 9.72 Å². The molecule has 1 aliphatic rings. The van der Waals surface area contributed by atoms with Gasteiger partial charge in [-0.1, -0.05) is 17.4 Å². The van der Waals surface area contributed by atoms with Crippen LogP contribution in [0.2, 0.25) is 0 Å². The van der Waals surface area contributed by atoms with Crippen LogP contribution in [0.15, 0.2) is 30.6 Å². The van der Waals surface area contributed by atoms with E-state index >= 15 is 0 Å². The average molecular weight is 482 g/mol. The van der Waals surface area contributed by atoms with E-state index in [4.69, 9.17) is 0 Å². The number of aromatic nitrogens is 6. The van der Waals surface area contributed by atoms with Crippen molar-refractivity contribution < 1.29 is 9.59 Å².